The fourth-order valence-electron chi connectivity index (χ4n) is 0.809. The van der Waals surface area contributed by atoms with Crippen molar-refractivity contribution < 1.29 is 13.9 Å². The highest BCUT2D eigenvalue weighted by atomic mass is 32.2. The van der Waals surface area contributed by atoms with E-state index in [2.05, 4.69) is 19.6 Å². The lowest BCUT2D eigenvalue weighted by atomic mass is 10.7. The molecule has 0 spiro atoms. The lowest BCUT2D eigenvalue weighted by Crippen LogP contribution is -2.04. The van der Waals surface area contributed by atoms with Gasteiger partial charge in [-0.15, -0.1) is 5.10 Å². The minimum atomic E-state index is -0.626. The zero-order chi connectivity index (χ0) is 11.4. The largest absolute Gasteiger partial charge is 0.459 e. The summed E-state index contributed by atoms with van der Waals surface area (Å²) in [4.78, 5) is 15.1. The van der Waals surface area contributed by atoms with Crippen molar-refractivity contribution >= 4 is 29.3 Å². The number of aromatic nitrogens is 4. The maximum absolute atomic E-state index is 11.2. The van der Waals surface area contributed by atoms with Gasteiger partial charge in [-0.2, -0.15) is 4.37 Å². The van der Waals surface area contributed by atoms with E-state index in [1.165, 1.54) is 17.9 Å². The van der Waals surface area contributed by atoms with Crippen LogP contribution in [0.4, 0.5) is 0 Å². The molecule has 0 saturated heterocycles. The molecule has 0 aliphatic rings. The molecule has 0 saturated carbocycles. The van der Waals surface area contributed by atoms with Crippen molar-refractivity contribution in [2.75, 3.05) is 6.61 Å². The Bertz CT molecular complexity index is 470. The molecular formula is C7H6N4O3S2. The van der Waals surface area contributed by atoms with Crippen LogP contribution in [0.15, 0.2) is 20.3 Å². The number of carbonyl (C=O) groups is 1. The van der Waals surface area contributed by atoms with Crippen LogP contribution in [0.25, 0.3) is 0 Å². The minimum absolute atomic E-state index is 0.158. The summed E-state index contributed by atoms with van der Waals surface area (Å²) in [7, 11) is 0. The Hall–Kier alpha value is -1.48. The summed E-state index contributed by atoms with van der Waals surface area (Å²) in [5, 5.41) is 7.47. The monoisotopic (exact) mass is 258 g/mol. The van der Waals surface area contributed by atoms with E-state index >= 15 is 0 Å². The number of hydrogen-bond donors (Lipinski definition) is 0. The predicted molar refractivity (Wildman–Crippen MR) is 54.3 cm³/mol. The summed E-state index contributed by atoms with van der Waals surface area (Å²) in [6.07, 6.45) is 1.43. The highest BCUT2D eigenvalue weighted by Crippen LogP contribution is 2.26. The first-order chi connectivity index (χ1) is 7.79. The smallest absolute Gasteiger partial charge is 0.396 e. The van der Waals surface area contributed by atoms with E-state index in [1.54, 1.807) is 6.92 Å². The number of nitrogens with zero attached hydrogens (tertiary/aromatic N) is 4. The molecule has 2 rings (SSSR count). The van der Waals surface area contributed by atoms with Crippen LogP contribution in [-0.4, -0.2) is 32.1 Å². The quantitative estimate of drug-likeness (QED) is 0.757. The van der Waals surface area contributed by atoms with E-state index in [0.717, 1.165) is 11.8 Å². The first kappa shape index (κ1) is 11.0. The van der Waals surface area contributed by atoms with Gasteiger partial charge in [0.1, 0.15) is 6.33 Å². The van der Waals surface area contributed by atoms with E-state index < -0.39 is 5.97 Å². The molecule has 9 heteroatoms. The van der Waals surface area contributed by atoms with Gasteiger partial charge in [-0.25, -0.2) is 9.78 Å². The Balaban J connectivity index is 2.05. The number of hydrogen-bond acceptors (Lipinski definition) is 9. The van der Waals surface area contributed by atoms with Gasteiger partial charge in [0.25, 0.3) is 5.22 Å². The Kier molecular flexibility index (Phi) is 3.47. The summed E-state index contributed by atoms with van der Waals surface area (Å²) >= 11 is 2.35. The lowest BCUT2D eigenvalue weighted by molar-refractivity contribution is 0.0475. The number of esters is 1. The lowest BCUT2D eigenvalue weighted by Gasteiger charge is -1.93. The van der Waals surface area contributed by atoms with Gasteiger partial charge in [0.05, 0.1) is 6.61 Å². The third-order valence-corrected chi connectivity index (χ3v) is 2.93. The Morgan fingerprint density at radius 1 is 1.62 bits per heavy atom. The van der Waals surface area contributed by atoms with Crippen LogP contribution in [0.2, 0.25) is 0 Å². The summed E-state index contributed by atoms with van der Waals surface area (Å²) in [6, 6.07) is 0. The van der Waals surface area contributed by atoms with Crippen LogP contribution in [-0.2, 0) is 4.74 Å². The maximum atomic E-state index is 11.2. The summed E-state index contributed by atoms with van der Waals surface area (Å²) in [5.41, 5.74) is 0. The molecule has 2 aromatic heterocycles. The van der Waals surface area contributed by atoms with Crippen molar-refractivity contribution in [2.45, 2.75) is 16.5 Å². The molecule has 0 fully saturated rings. The van der Waals surface area contributed by atoms with Crippen molar-refractivity contribution in [3.63, 3.8) is 0 Å². The predicted octanol–water partition coefficient (Wildman–Crippen LogP) is 1.25. The van der Waals surface area contributed by atoms with Crippen molar-refractivity contribution in [1.29, 1.82) is 0 Å². The maximum Gasteiger partial charge on any atom is 0.396 e. The van der Waals surface area contributed by atoms with Gasteiger partial charge in [-0.3, -0.25) is 0 Å². The minimum Gasteiger partial charge on any atom is -0.459 e. The van der Waals surface area contributed by atoms with Crippen LogP contribution < -0.4 is 0 Å². The standard InChI is InChI=1S/C7H6N4O3S2/c1-2-13-5(12)4-10-11-6(14-4)15-7-8-3-9-16-7/h3H,2H2,1H3. The van der Waals surface area contributed by atoms with Crippen LogP contribution in [0.3, 0.4) is 0 Å². The molecule has 0 bridgehead atoms. The molecule has 0 amide bonds. The molecule has 7 nitrogen and oxygen atoms in total. The van der Waals surface area contributed by atoms with Crippen LogP contribution in [0.1, 0.15) is 17.6 Å². The van der Waals surface area contributed by atoms with Gasteiger partial charge < -0.3 is 9.15 Å². The zero-order valence-electron chi connectivity index (χ0n) is 8.11. The van der Waals surface area contributed by atoms with Crippen LogP contribution >= 0.6 is 23.3 Å². The first-order valence-electron chi connectivity index (χ1n) is 4.24. The molecule has 2 aromatic rings. The van der Waals surface area contributed by atoms with E-state index in [1.807, 2.05) is 0 Å². The van der Waals surface area contributed by atoms with Crippen LogP contribution in [0.5, 0.6) is 0 Å². The topological polar surface area (TPSA) is 91.0 Å². The van der Waals surface area contributed by atoms with E-state index in [9.17, 15) is 4.79 Å². The van der Waals surface area contributed by atoms with Gasteiger partial charge in [0, 0.05) is 11.8 Å². The second-order valence-corrected chi connectivity index (χ2v) is 4.38. The van der Waals surface area contributed by atoms with E-state index in [4.69, 9.17) is 9.15 Å². The third kappa shape index (κ3) is 2.55. The average Bonchev–Trinajstić information content (AvgIpc) is 2.90. The fraction of sp³-hybridized carbons (Fsp3) is 0.286. The molecular weight excluding hydrogens is 252 g/mol. The molecule has 0 aromatic carbocycles. The second kappa shape index (κ2) is 5.03. The Labute approximate surface area is 98.4 Å². The third-order valence-electron chi connectivity index (χ3n) is 1.37. The zero-order valence-corrected chi connectivity index (χ0v) is 9.75. The van der Waals surface area contributed by atoms with Gasteiger partial charge in [0.15, 0.2) is 4.34 Å². The summed E-state index contributed by atoms with van der Waals surface area (Å²) < 4.78 is 14.3. The molecule has 0 aliphatic carbocycles. The van der Waals surface area contributed by atoms with Gasteiger partial charge in [0.2, 0.25) is 0 Å². The van der Waals surface area contributed by atoms with E-state index in [-0.39, 0.29) is 17.7 Å². The summed E-state index contributed by atoms with van der Waals surface area (Å²) in [6.45, 7) is 1.96. The molecule has 16 heavy (non-hydrogen) atoms. The highest BCUT2D eigenvalue weighted by Gasteiger charge is 2.17. The fourth-order valence-corrected chi connectivity index (χ4v) is 2.03. The molecule has 84 valence electrons. The SMILES string of the molecule is CCOC(=O)c1nnc(Sc2ncns2)o1. The molecule has 0 aliphatic heterocycles. The number of carbonyl (C=O) groups excluding carboxylic acids is 1. The van der Waals surface area contributed by atoms with Crippen molar-refractivity contribution in [3.8, 4) is 0 Å². The first-order valence-corrected chi connectivity index (χ1v) is 5.83. The Morgan fingerprint density at radius 3 is 3.19 bits per heavy atom. The molecule has 0 N–H and O–H groups in total. The van der Waals surface area contributed by atoms with Gasteiger partial charge in [-0.05, 0) is 18.5 Å². The normalized spacial score (nSPS) is 10.3. The molecule has 2 heterocycles. The van der Waals surface area contributed by atoms with Gasteiger partial charge >= 0.3 is 11.9 Å². The number of ether oxygens (including phenoxy) is 1. The van der Waals surface area contributed by atoms with Crippen molar-refractivity contribution in [1.82, 2.24) is 19.6 Å². The van der Waals surface area contributed by atoms with Crippen molar-refractivity contribution in [3.05, 3.63) is 12.2 Å². The summed E-state index contributed by atoms with van der Waals surface area (Å²) in [5.74, 6) is -0.784. The average molecular weight is 258 g/mol. The molecule has 0 unspecified atom stereocenters. The van der Waals surface area contributed by atoms with Crippen molar-refractivity contribution in [2.24, 2.45) is 0 Å². The van der Waals surface area contributed by atoms with E-state index in [0.29, 0.717) is 4.34 Å². The highest BCUT2D eigenvalue weighted by molar-refractivity contribution is 8.00. The van der Waals surface area contributed by atoms with Crippen LogP contribution in [0, 0.1) is 0 Å². The second-order valence-electron chi connectivity index (χ2n) is 2.40. The van der Waals surface area contributed by atoms with Gasteiger partial charge in [-0.1, -0.05) is 5.10 Å². The molecule has 0 radical (unpaired) electrons. The Morgan fingerprint density at radius 2 is 2.50 bits per heavy atom. The molecule has 0 atom stereocenters. The number of rotatable bonds is 4.